The molecule has 4 rings (SSSR count). The van der Waals surface area contributed by atoms with Crippen molar-refractivity contribution in [1.82, 2.24) is 25.3 Å². The summed E-state index contributed by atoms with van der Waals surface area (Å²) in [4.78, 5) is 35.7. The van der Waals surface area contributed by atoms with Gasteiger partial charge in [0.15, 0.2) is 0 Å². The van der Waals surface area contributed by atoms with Crippen LogP contribution in [0.25, 0.3) is 11.4 Å². The van der Waals surface area contributed by atoms with Crippen LogP contribution in [0, 0.1) is 0 Å². The molecular weight excluding hydrogens is 430 g/mol. The van der Waals surface area contributed by atoms with Crippen molar-refractivity contribution in [1.29, 1.82) is 0 Å². The molecule has 1 aliphatic rings. The van der Waals surface area contributed by atoms with Crippen molar-refractivity contribution in [2.24, 2.45) is 0 Å². The summed E-state index contributed by atoms with van der Waals surface area (Å²) in [6.45, 7) is 1.61. The molecule has 0 spiro atoms. The first-order valence-corrected chi connectivity index (χ1v) is 12.0. The molecule has 1 aliphatic heterocycles. The van der Waals surface area contributed by atoms with Crippen molar-refractivity contribution in [3.63, 3.8) is 0 Å². The van der Waals surface area contributed by atoms with Crippen LogP contribution in [0.4, 0.5) is 0 Å². The maximum absolute atomic E-state index is 12.9. The molecule has 1 N–H and O–H groups in total. The van der Waals surface area contributed by atoms with E-state index in [9.17, 15) is 9.59 Å². The highest BCUT2D eigenvalue weighted by Crippen LogP contribution is 2.26. The van der Waals surface area contributed by atoms with Crippen LogP contribution in [0.1, 0.15) is 55.9 Å². The molecule has 1 unspecified atom stereocenters. The Labute approximate surface area is 199 Å². The second-order valence-corrected chi connectivity index (χ2v) is 8.65. The van der Waals surface area contributed by atoms with Crippen molar-refractivity contribution in [3.8, 4) is 11.4 Å². The number of rotatable bonds is 6. The summed E-state index contributed by atoms with van der Waals surface area (Å²) >= 11 is 0. The van der Waals surface area contributed by atoms with Crippen molar-refractivity contribution in [2.45, 2.75) is 50.9 Å². The lowest BCUT2D eigenvalue weighted by Gasteiger charge is -2.22. The average Bonchev–Trinajstić information content (AvgIpc) is 3.35. The van der Waals surface area contributed by atoms with E-state index >= 15 is 0 Å². The van der Waals surface area contributed by atoms with E-state index in [1.165, 1.54) is 5.56 Å². The van der Waals surface area contributed by atoms with Crippen LogP contribution >= 0.6 is 0 Å². The summed E-state index contributed by atoms with van der Waals surface area (Å²) in [6, 6.07) is 13.9. The van der Waals surface area contributed by atoms with E-state index in [-0.39, 0.29) is 17.7 Å². The summed E-state index contributed by atoms with van der Waals surface area (Å²) in [7, 11) is 0. The molecule has 1 atom stereocenters. The maximum Gasteiger partial charge on any atom is 0.230 e. The predicted molar refractivity (Wildman–Crippen MR) is 128 cm³/mol. The predicted octanol–water partition coefficient (Wildman–Crippen LogP) is 3.76. The van der Waals surface area contributed by atoms with Gasteiger partial charge in [-0.15, -0.1) is 0 Å². The zero-order valence-corrected chi connectivity index (χ0v) is 19.4. The van der Waals surface area contributed by atoms with Gasteiger partial charge in [0.05, 0.1) is 0 Å². The first-order valence-electron chi connectivity index (χ1n) is 12.0. The third-order valence-electron chi connectivity index (χ3n) is 6.17. The highest BCUT2D eigenvalue weighted by molar-refractivity contribution is 5.79. The molecule has 3 heterocycles. The van der Waals surface area contributed by atoms with E-state index in [0.717, 1.165) is 31.2 Å². The molecule has 2 amide bonds. The smallest absolute Gasteiger partial charge is 0.230 e. The quantitative estimate of drug-likeness (QED) is 0.600. The molecular formula is C26H31N5O3. The Morgan fingerprint density at radius 1 is 1.12 bits per heavy atom. The standard InChI is InChI=1S/C26H31N5O3/c32-23-14-18-31(24(33)12-4-9-20-7-2-1-3-8-20)17-6-11-21(13-16-28-23)26-29-25(30-34-26)22-10-5-15-27-19-22/h1-3,5,7-8,10,15,19,21H,4,6,9,11-14,16-18H2,(H,28,32). The minimum atomic E-state index is -0.0377. The largest absolute Gasteiger partial charge is 0.356 e. The van der Waals surface area contributed by atoms with Gasteiger partial charge >= 0.3 is 0 Å². The van der Waals surface area contributed by atoms with E-state index < -0.39 is 0 Å². The van der Waals surface area contributed by atoms with Crippen LogP contribution in [-0.2, 0) is 16.0 Å². The van der Waals surface area contributed by atoms with Crippen LogP contribution in [0.3, 0.4) is 0 Å². The first kappa shape index (κ1) is 23.6. The van der Waals surface area contributed by atoms with Gasteiger partial charge in [-0.05, 0) is 49.8 Å². The van der Waals surface area contributed by atoms with E-state index in [1.807, 2.05) is 35.2 Å². The fourth-order valence-electron chi connectivity index (χ4n) is 4.25. The third-order valence-corrected chi connectivity index (χ3v) is 6.17. The Balaban J connectivity index is 1.35. The number of carbonyl (C=O) groups excluding carboxylic acids is 2. The van der Waals surface area contributed by atoms with Crippen molar-refractivity contribution >= 4 is 11.8 Å². The first-order chi connectivity index (χ1) is 16.7. The molecule has 8 nitrogen and oxygen atoms in total. The number of pyridine rings is 1. The summed E-state index contributed by atoms with van der Waals surface area (Å²) in [5.41, 5.74) is 2.04. The van der Waals surface area contributed by atoms with Crippen LogP contribution in [0.5, 0.6) is 0 Å². The van der Waals surface area contributed by atoms with Gasteiger partial charge in [0, 0.05) is 56.4 Å². The number of hydrogen-bond acceptors (Lipinski definition) is 6. The number of amides is 2. The van der Waals surface area contributed by atoms with E-state index in [4.69, 9.17) is 4.52 Å². The van der Waals surface area contributed by atoms with Crippen LogP contribution in [-0.4, -0.2) is 51.5 Å². The molecule has 1 fully saturated rings. The number of benzene rings is 1. The Kier molecular flexibility index (Phi) is 8.38. The van der Waals surface area contributed by atoms with Gasteiger partial charge in [-0.25, -0.2) is 0 Å². The van der Waals surface area contributed by atoms with Gasteiger partial charge in [0.1, 0.15) is 0 Å². The fraction of sp³-hybridized carbons (Fsp3) is 0.423. The Bertz CT molecular complexity index is 1050. The Morgan fingerprint density at radius 3 is 2.82 bits per heavy atom. The highest BCUT2D eigenvalue weighted by Gasteiger charge is 2.22. The average molecular weight is 462 g/mol. The normalized spacial score (nSPS) is 17.6. The SMILES string of the molecule is O=C1CCN(C(=O)CCCc2ccccc2)CCCC(c2nc(-c3cccnc3)no2)CCN1. The molecule has 3 aromatic rings. The molecule has 0 aliphatic carbocycles. The molecule has 2 aromatic heterocycles. The van der Waals surface area contributed by atoms with Gasteiger partial charge in [0.2, 0.25) is 23.5 Å². The zero-order chi connectivity index (χ0) is 23.6. The summed E-state index contributed by atoms with van der Waals surface area (Å²) in [5, 5.41) is 7.08. The lowest BCUT2D eigenvalue weighted by Crippen LogP contribution is -2.35. The highest BCUT2D eigenvalue weighted by atomic mass is 16.5. The van der Waals surface area contributed by atoms with Gasteiger partial charge in [-0.1, -0.05) is 35.5 Å². The molecule has 34 heavy (non-hydrogen) atoms. The minimum absolute atomic E-state index is 0.0198. The fourth-order valence-corrected chi connectivity index (χ4v) is 4.25. The zero-order valence-electron chi connectivity index (χ0n) is 19.4. The lowest BCUT2D eigenvalue weighted by molar-refractivity contribution is -0.132. The summed E-state index contributed by atoms with van der Waals surface area (Å²) in [6.07, 6.45) is 8.21. The Hall–Kier alpha value is -3.55. The molecule has 178 valence electrons. The number of hydrogen-bond donors (Lipinski definition) is 1. The minimum Gasteiger partial charge on any atom is -0.356 e. The van der Waals surface area contributed by atoms with E-state index in [1.54, 1.807) is 12.4 Å². The van der Waals surface area contributed by atoms with Gasteiger partial charge in [0.25, 0.3) is 0 Å². The summed E-state index contributed by atoms with van der Waals surface area (Å²) in [5.74, 6) is 1.16. The van der Waals surface area contributed by atoms with Crippen molar-refractivity contribution in [2.75, 3.05) is 19.6 Å². The van der Waals surface area contributed by atoms with Crippen LogP contribution < -0.4 is 5.32 Å². The van der Waals surface area contributed by atoms with Gasteiger partial charge in [-0.2, -0.15) is 4.98 Å². The van der Waals surface area contributed by atoms with Crippen LogP contribution in [0.2, 0.25) is 0 Å². The number of carbonyl (C=O) groups is 2. The number of aromatic nitrogens is 3. The summed E-state index contributed by atoms with van der Waals surface area (Å²) < 4.78 is 5.57. The topological polar surface area (TPSA) is 101 Å². The van der Waals surface area contributed by atoms with E-state index in [2.05, 4.69) is 32.6 Å². The molecule has 1 saturated heterocycles. The number of aryl methyl sites for hydroxylation is 1. The second kappa shape index (κ2) is 12.1. The number of nitrogens with one attached hydrogen (secondary N) is 1. The molecule has 0 radical (unpaired) electrons. The third kappa shape index (κ3) is 6.73. The monoisotopic (exact) mass is 461 g/mol. The van der Waals surface area contributed by atoms with Gasteiger partial charge < -0.3 is 14.7 Å². The Morgan fingerprint density at radius 2 is 2.00 bits per heavy atom. The van der Waals surface area contributed by atoms with Crippen molar-refractivity contribution in [3.05, 3.63) is 66.3 Å². The maximum atomic E-state index is 12.9. The molecule has 8 heteroatoms. The second-order valence-electron chi connectivity index (χ2n) is 8.65. The van der Waals surface area contributed by atoms with Crippen LogP contribution in [0.15, 0.2) is 59.4 Å². The lowest BCUT2D eigenvalue weighted by atomic mass is 9.99. The van der Waals surface area contributed by atoms with Crippen molar-refractivity contribution < 1.29 is 14.1 Å². The molecule has 1 aromatic carbocycles. The number of nitrogens with zero attached hydrogens (tertiary/aromatic N) is 4. The van der Waals surface area contributed by atoms with Gasteiger partial charge in [-0.3, -0.25) is 14.6 Å². The molecule has 0 bridgehead atoms. The molecule has 0 saturated carbocycles. The van der Waals surface area contributed by atoms with E-state index in [0.29, 0.717) is 50.6 Å².